The minimum absolute atomic E-state index is 0.504. The molecular weight excluding hydrogens is 290 g/mol. The van der Waals surface area contributed by atoms with Crippen LogP contribution in [0, 0.1) is 0 Å². The van der Waals surface area contributed by atoms with Gasteiger partial charge in [0.1, 0.15) is 0 Å². The SMILES string of the molecule is NCc1cc(N2CCCC2)cc(Cl)c1Sc1ccc[nH]1. The van der Waals surface area contributed by atoms with E-state index in [1.54, 1.807) is 11.8 Å². The maximum atomic E-state index is 6.49. The van der Waals surface area contributed by atoms with Gasteiger partial charge >= 0.3 is 0 Å². The fourth-order valence-electron chi connectivity index (χ4n) is 2.55. The average molecular weight is 308 g/mol. The van der Waals surface area contributed by atoms with E-state index in [4.69, 9.17) is 17.3 Å². The van der Waals surface area contributed by atoms with Gasteiger partial charge in [-0.1, -0.05) is 23.4 Å². The van der Waals surface area contributed by atoms with Crippen LogP contribution >= 0.6 is 23.4 Å². The van der Waals surface area contributed by atoms with E-state index in [2.05, 4.69) is 22.0 Å². The van der Waals surface area contributed by atoms with Gasteiger partial charge < -0.3 is 15.6 Å². The summed E-state index contributed by atoms with van der Waals surface area (Å²) in [6.07, 6.45) is 4.43. The Morgan fingerprint density at radius 1 is 1.30 bits per heavy atom. The zero-order valence-corrected chi connectivity index (χ0v) is 12.8. The Hall–Kier alpha value is -1.10. The Bertz CT molecular complexity index is 577. The molecule has 3 nitrogen and oxygen atoms in total. The minimum atomic E-state index is 0.504. The topological polar surface area (TPSA) is 45.0 Å². The molecule has 20 heavy (non-hydrogen) atoms. The fourth-order valence-corrected chi connectivity index (χ4v) is 3.82. The number of H-pyrrole nitrogens is 1. The summed E-state index contributed by atoms with van der Waals surface area (Å²) in [5.41, 5.74) is 8.22. The van der Waals surface area contributed by atoms with Crippen molar-refractivity contribution in [3.05, 3.63) is 41.0 Å². The standard InChI is InChI=1S/C15H18ClN3S/c16-13-9-12(19-6-1-2-7-19)8-11(10-17)15(13)20-14-4-3-5-18-14/h3-5,8-9,18H,1-2,6-7,10,17H2. The van der Waals surface area contributed by atoms with Crippen molar-refractivity contribution in [3.8, 4) is 0 Å². The Morgan fingerprint density at radius 2 is 2.10 bits per heavy atom. The van der Waals surface area contributed by atoms with Gasteiger partial charge in [-0.15, -0.1) is 0 Å². The smallest absolute Gasteiger partial charge is 0.0770 e. The van der Waals surface area contributed by atoms with E-state index in [1.807, 2.05) is 18.3 Å². The van der Waals surface area contributed by atoms with Crippen molar-refractivity contribution in [2.24, 2.45) is 5.73 Å². The van der Waals surface area contributed by atoms with E-state index < -0.39 is 0 Å². The number of nitrogens with one attached hydrogen (secondary N) is 1. The Balaban J connectivity index is 1.93. The minimum Gasteiger partial charge on any atom is -0.371 e. The summed E-state index contributed by atoms with van der Waals surface area (Å²) in [6.45, 7) is 2.73. The molecule has 1 saturated heterocycles. The quantitative estimate of drug-likeness (QED) is 0.901. The number of hydrogen-bond donors (Lipinski definition) is 2. The predicted octanol–water partition coefficient (Wildman–Crippen LogP) is 3.88. The summed E-state index contributed by atoms with van der Waals surface area (Å²) in [4.78, 5) is 6.63. The lowest BCUT2D eigenvalue weighted by atomic mass is 10.2. The molecule has 0 saturated carbocycles. The second-order valence-electron chi connectivity index (χ2n) is 4.95. The van der Waals surface area contributed by atoms with Crippen molar-refractivity contribution in [1.82, 2.24) is 4.98 Å². The maximum Gasteiger partial charge on any atom is 0.0770 e. The van der Waals surface area contributed by atoms with Gasteiger partial charge in [0.05, 0.1) is 10.0 Å². The molecule has 5 heteroatoms. The molecule has 0 bridgehead atoms. The van der Waals surface area contributed by atoms with Gasteiger partial charge in [-0.3, -0.25) is 0 Å². The Labute approximate surface area is 128 Å². The number of nitrogens with two attached hydrogens (primary N) is 1. The van der Waals surface area contributed by atoms with E-state index in [0.717, 1.165) is 33.6 Å². The van der Waals surface area contributed by atoms with Gasteiger partial charge in [-0.05, 0) is 42.7 Å². The molecule has 1 aliphatic heterocycles. The third-order valence-electron chi connectivity index (χ3n) is 3.58. The largest absolute Gasteiger partial charge is 0.371 e. The lowest BCUT2D eigenvalue weighted by Gasteiger charge is -2.20. The number of anilines is 1. The van der Waals surface area contributed by atoms with Gasteiger partial charge in [0.2, 0.25) is 0 Å². The van der Waals surface area contributed by atoms with Crippen molar-refractivity contribution in [3.63, 3.8) is 0 Å². The van der Waals surface area contributed by atoms with E-state index >= 15 is 0 Å². The van der Waals surface area contributed by atoms with Gasteiger partial charge in [-0.2, -0.15) is 0 Å². The number of benzene rings is 1. The average Bonchev–Trinajstić information content (AvgIpc) is 3.13. The Morgan fingerprint density at radius 3 is 2.75 bits per heavy atom. The van der Waals surface area contributed by atoms with Crippen LogP contribution in [0.5, 0.6) is 0 Å². The molecule has 1 aromatic heterocycles. The molecule has 2 aromatic rings. The van der Waals surface area contributed by atoms with Crippen LogP contribution in [0.2, 0.25) is 5.02 Å². The fraction of sp³-hybridized carbons (Fsp3) is 0.333. The van der Waals surface area contributed by atoms with Crippen molar-refractivity contribution < 1.29 is 0 Å². The maximum absolute atomic E-state index is 6.49. The first-order valence-electron chi connectivity index (χ1n) is 6.86. The number of aromatic nitrogens is 1. The van der Waals surface area contributed by atoms with Gasteiger partial charge in [0.25, 0.3) is 0 Å². The van der Waals surface area contributed by atoms with Crippen LogP contribution in [-0.2, 0) is 6.54 Å². The summed E-state index contributed by atoms with van der Waals surface area (Å²) in [6, 6.07) is 8.27. The number of aromatic amines is 1. The monoisotopic (exact) mass is 307 g/mol. The Kier molecular flexibility index (Phi) is 4.24. The molecule has 0 amide bonds. The van der Waals surface area contributed by atoms with Crippen LogP contribution < -0.4 is 10.6 Å². The number of rotatable bonds is 4. The van der Waals surface area contributed by atoms with Crippen LogP contribution in [-0.4, -0.2) is 18.1 Å². The van der Waals surface area contributed by atoms with Crippen molar-refractivity contribution in [2.75, 3.05) is 18.0 Å². The molecule has 106 valence electrons. The van der Waals surface area contributed by atoms with Gasteiger partial charge in [0.15, 0.2) is 0 Å². The molecule has 0 unspecified atom stereocenters. The van der Waals surface area contributed by atoms with Gasteiger partial charge in [-0.25, -0.2) is 0 Å². The molecule has 2 heterocycles. The highest BCUT2D eigenvalue weighted by atomic mass is 35.5. The molecule has 1 fully saturated rings. The lowest BCUT2D eigenvalue weighted by Crippen LogP contribution is -2.18. The second kappa shape index (κ2) is 6.12. The predicted molar refractivity (Wildman–Crippen MR) is 85.7 cm³/mol. The molecule has 3 N–H and O–H groups in total. The summed E-state index contributed by atoms with van der Waals surface area (Å²) in [7, 11) is 0. The van der Waals surface area contributed by atoms with Crippen molar-refractivity contribution in [1.29, 1.82) is 0 Å². The molecular formula is C15H18ClN3S. The summed E-state index contributed by atoms with van der Waals surface area (Å²) in [5.74, 6) is 0. The van der Waals surface area contributed by atoms with Crippen LogP contribution in [0.3, 0.4) is 0 Å². The first kappa shape index (κ1) is 13.9. The van der Waals surface area contributed by atoms with Crippen molar-refractivity contribution >= 4 is 29.1 Å². The first-order chi connectivity index (χ1) is 9.78. The van der Waals surface area contributed by atoms with E-state index in [9.17, 15) is 0 Å². The highest BCUT2D eigenvalue weighted by molar-refractivity contribution is 7.99. The van der Waals surface area contributed by atoms with Crippen LogP contribution in [0.1, 0.15) is 18.4 Å². The molecule has 0 radical (unpaired) electrons. The number of halogens is 1. The highest BCUT2D eigenvalue weighted by Crippen LogP contribution is 2.38. The molecule has 1 aliphatic rings. The normalized spacial score (nSPS) is 15.0. The first-order valence-corrected chi connectivity index (χ1v) is 8.06. The van der Waals surface area contributed by atoms with E-state index in [1.165, 1.54) is 18.5 Å². The summed E-state index contributed by atoms with van der Waals surface area (Å²) < 4.78 is 0. The van der Waals surface area contributed by atoms with Crippen LogP contribution in [0.15, 0.2) is 40.4 Å². The third-order valence-corrected chi connectivity index (χ3v) is 5.15. The van der Waals surface area contributed by atoms with Crippen LogP contribution in [0.4, 0.5) is 5.69 Å². The molecule has 1 aromatic carbocycles. The number of hydrogen-bond acceptors (Lipinski definition) is 3. The number of nitrogens with zero attached hydrogens (tertiary/aromatic N) is 1. The summed E-state index contributed by atoms with van der Waals surface area (Å²) in [5, 5.41) is 1.87. The van der Waals surface area contributed by atoms with Gasteiger partial charge in [0, 0.05) is 36.4 Å². The molecule has 0 atom stereocenters. The van der Waals surface area contributed by atoms with E-state index in [0.29, 0.717) is 6.54 Å². The second-order valence-corrected chi connectivity index (χ2v) is 6.41. The molecule has 0 aliphatic carbocycles. The van der Waals surface area contributed by atoms with Crippen LogP contribution in [0.25, 0.3) is 0 Å². The lowest BCUT2D eigenvalue weighted by molar-refractivity contribution is 0.949. The molecule has 3 rings (SSSR count). The zero-order chi connectivity index (χ0) is 13.9. The van der Waals surface area contributed by atoms with Crippen molar-refractivity contribution in [2.45, 2.75) is 29.3 Å². The summed E-state index contributed by atoms with van der Waals surface area (Å²) >= 11 is 8.13. The molecule has 0 spiro atoms. The highest BCUT2D eigenvalue weighted by Gasteiger charge is 2.17. The third kappa shape index (κ3) is 2.82. The zero-order valence-electron chi connectivity index (χ0n) is 11.2. The van der Waals surface area contributed by atoms with E-state index in [-0.39, 0.29) is 0 Å².